The first kappa shape index (κ1) is 19.7. The van der Waals surface area contributed by atoms with Gasteiger partial charge in [0, 0.05) is 42.3 Å². The summed E-state index contributed by atoms with van der Waals surface area (Å²) in [5.41, 5.74) is 1.42. The zero-order chi connectivity index (χ0) is 23.0. The molecule has 0 amide bonds. The lowest BCUT2D eigenvalue weighted by molar-refractivity contribution is 0.289. The average Bonchev–Trinajstić information content (AvgIpc) is 3.64. The van der Waals surface area contributed by atoms with Crippen molar-refractivity contribution in [3.8, 4) is 29.5 Å². The molecule has 4 fully saturated rings. The number of nitrogens with zero attached hydrogens (tertiary/aromatic N) is 5. The van der Waals surface area contributed by atoms with Gasteiger partial charge in [0.05, 0.1) is 17.0 Å². The Morgan fingerprint density at radius 3 is 2.71 bits per heavy atom. The number of piperidine rings is 2. The number of aromatic hydroxyl groups is 1. The fourth-order valence-corrected chi connectivity index (χ4v) is 5.53. The van der Waals surface area contributed by atoms with Gasteiger partial charge in [-0.25, -0.2) is 19.0 Å². The largest absolute Gasteiger partial charge is 0.508 e. The summed E-state index contributed by atoms with van der Waals surface area (Å²) in [5.74, 6) is 3.37. The highest BCUT2D eigenvalue weighted by Gasteiger charge is 2.37. The molecule has 0 spiro atoms. The fourth-order valence-electron chi connectivity index (χ4n) is 5.53. The molecule has 1 aliphatic carbocycles. The van der Waals surface area contributed by atoms with Crippen LogP contribution < -0.4 is 10.2 Å². The van der Waals surface area contributed by atoms with Crippen LogP contribution in [0.1, 0.15) is 37.3 Å². The summed E-state index contributed by atoms with van der Waals surface area (Å²) in [6.45, 7) is 1.91. The lowest BCUT2D eigenvalue weighted by atomic mass is 9.93. The second kappa shape index (κ2) is 7.15. The van der Waals surface area contributed by atoms with Crippen LogP contribution in [0.15, 0.2) is 30.5 Å². The summed E-state index contributed by atoms with van der Waals surface area (Å²) in [7, 11) is 0. The van der Waals surface area contributed by atoms with Crippen LogP contribution in [0.2, 0.25) is 0 Å². The number of phenols is 1. The molecule has 1 unspecified atom stereocenters. The average molecular weight is 455 g/mol. The van der Waals surface area contributed by atoms with Crippen LogP contribution in [-0.4, -0.2) is 50.0 Å². The molecule has 3 aliphatic heterocycles. The number of nitrogens with one attached hydrogen (secondary N) is 1. The molecule has 5 heterocycles. The summed E-state index contributed by atoms with van der Waals surface area (Å²) in [6.07, 6.45) is 12.0. The van der Waals surface area contributed by atoms with Crippen LogP contribution in [0.4, 0.5) is 10.2 Å². The number of anilines is 1. The maximum Gasteiger partial charge on any atom is 0.164 e. The first-order chi connectivity index (χ1) is 16.6. The molecule has 170 valence electrons. The monoisotopic (exact) mass is 454 g/mol. The maximum atomic E-state index is 14.6. The van der Waals surface area contributed by atoms with E-state index in [1.807, 2.05) is 10.9 Å². The van der Waals surface area contributed by atoms with Crippen molar-refractivity contribution in [1.29, 1.82) is 0 Å². The Balaban J connectivity index is 1.44. The van der Waals surface area contributed by atoms with Crippen molar-refractivity contribution in [2.24, 2.45) is 0 Å². The zero-order valence-electron chi connectivity index (χ0n) is 18.5. The zero-order valence-corrected chi connectivity index (χ0v) is 18.5. The Bertz CT molecular complexity index is 1510. The number of halogens is 1. The van der Waals surface area contributed by atoms with Gasteiger partial charge in [-0.15, -0.1) is 6.42 Å². The minimum absolute atomic E-state index is 0.0500. The van der Waals surface area contributed by atoms with E-state index in [9.17, 15) is 9.50 Å². The Morgan fingerprint density at radius 2 is 2.00 bits per heavy atom. The topological polar surface area (TPSA) is 79.1 Å². The first-order valence-corrected chi connectivity index (χ1v) is 11.8. The van der Waals surface area contributed by atoms with Gasteiger partial charge in [0.2, 0.25) is 0 Å². The van der Waals surface area contributed by atoms with Gasteiger partial charge in [0.15, 0.2) is 17.3 Å². The summed E-state index contributed by atoms with van der Waals surface area (Å²) in [5, 5.41) is 21.1. The highest BCUT2D eigenvalue weighted by Crippen LogP contribution is 2.41. The predicted octanol–water partition coefficient (Wildman–Crippen LogP) is 3.75. The minimum atomic E-state index is -0.484. The van der Waals surface area contributed by atoms with Gasteiger partial charge in [-0.1, -0.05) is 12.0 Å². The molecule has 2 aromatic heterocycles. The Hall–Kier alpha value is -3.70. The third kappa shape index (κ3) is 2.90. The number of rotatable bonds is 3. The van der Waals surface area contributed by atoms with Crippen molar-refractivity contribution in [3.05, 3.63) is 41.8 Å². The summed E-state index contributed by atoms with van der Waals surface area (Å²) < 4.78 is 16.6. The summed E-state index contributed by atoms with van der Waals surface area (Å²) in [4.78, 5) is 12.0. The number of piperazine rings is 1. The van der Waals surface area contributed by atoms with Gasteiger partial charge in [-0.3, -0.25) is 0 Å². The van der Waals surface area contributed by atoms with Crippen molar-refractivity contribution in [2.75, 3.05) is 18.0 Å². The molecule has 4 aromatic rings. The molecule has 2 atom stereocenters. The summed E-state index contributed by atoms with van der Waals surface area (Å²) >= 11 is 0. The van der Waals surface area contributed by atoms with Crippen LogP contribution in [0, 0.1) is 18.2 Å². The first-order valence-electron chi connectivity index (χ1n) is 11.8. The second-order valence-electron chi connectivity index (χ2n) is 9.58. The number of fused-ring (bicyclic) bond motifs is 5. The molecule has 34 heavy (non-hydrogen) atoms. The van der Waals surface area contributed by atoms with Crippen LogP contribution in [0.25, 0.3) is 33.2 Å². The Kier molecular flexibility index (Phi) is 4.15. The van der Waals surface area contributed by atoms with Gasteiger partial charge in [0.1, 0.15) is 11.6 Å². The quantitative estimate of drug-likeness (QED) is 0.459. The molecule has 8 rings (SSSR count). The molecule has 2 N–H and O–H groups in total. The summed E-state index contributed by atoms with van der Waals surface area (Å²) in [6, 6.07) is 7.30. The number of hydrogen-bond donors (Lipinski definition) is 2. The molecule has 2 bridgehead atoms. The van der Waals surface area contributed by atoms with E-state index >= 15 is 0 Å². The molecular formula is C26H23FN6O. The van der Waals surface area contributed by atoms with Crippen LogP contribution in [0.5, 0.6) is 5.75 Å². The van der Waals surface area contributed by atoms with Crippen molar-refractivity contribution in [1.82, 2.24) is 25.1 Å². The third-order valence-electron chi connectivity index (χ3n) is 7.38. The van der Waals surface area contributed by atoms with E-state index in [1.165, 1.54) is 12.5 Å². The van der Waals surface area contributed by atoms with Gasteiger partial charge < -0.3 is 15.3 Å². The van der Waals surface area contributed by atoms with Crippen LogP contribution in [0.3, 0.4) is 0 Å². The van der Waals surface area contributed by atoms with Gasteiger partial charge in [-0.2, -0.15) is 5.10 Å². The smallest absolute Gasteiger partial charge is 0.164 e. The van der Waals surface area contributed by atoms with Crippen molar-refractivity contribution < 1.29 is 9.50 Å². The molecule has 7 nitrogen and oxygen atoms in total. The number of benzene rings is 2. The Labute approximate surface area is 195 Å². The highest BCUT2D eigenvalue weighted by molar-refractivity contribution is 6.01. The van der Waals surface area contributed by atoms with E-state index in [0.717, 1.165) is 49.2 Å². The SMILES string of the molecule is C#Cc1c(F)ccc2cc(O)cc(-c3ncc4c(N5C[C@@H]6CCC5CN6)nn(C5CC5)c4n3)c12. The lowest BCUT2D eigenvalue weighted by Gasteiger charge is -2.46. The van der Waals surface area contributed by atoms with Crippen molar-refractivity contribution in [3.63, 3.8) is 0 Å². The van der Waals surface area contributed by atoms with E-state index in [4.69, 9.17) is 16.5 Å². The van der Waals surface area contributed by atoms with E-state index in [2.05, 4.69) is 21.1 Å². The minimum Gasteiger partial charge on any atom is -0.508 e. The number of phenolic OH excluding ortho intramolecular Hbond substituents is 1. The second-order valence-corrected chi connectivity index (χ2v) is 9.58. The van der Waals surface area contributed by atoms with Crippen LogP contribution in [-0.2, 0) is 0 Å². The normalized spacial score (nSPS) is 21.9. The van der Waals surface area contributed by atoms with Crippen molar-refractivity contribution >= 4 is 27.6 Å². The van der Waals surface area contributed by atoms with E-state index in [0.29, 0.717) is 40.3 Å². The van der Waals surface area contributed by atoms with Gasteiger partial charge in [0.25, 0.3) is 0 Å². The predicted molar refractivity (Wildman–Crippen MR) is 128 cm³/mol. The van der Waals surface area contributed by atoms with Gasteiger partial charge in [-0.05, 0) is 49.3 Å². The maximum absolute atomic E-state index is 14.6. The molecule has 1 saturated carbocycles. The number of terminal acetylenes is 1. The van der Waals surface area contributed by atoms with Crippen LogP contribution >= 0.6 is 0 Å². The van der Waals surface area contributed by atoms with Crippen molar-refractivity contribution in [2.45, 2.75) is 43.8 Å². The highest BCUT2D eigenvalue weighted by atomic mass is 19.1. The molecule has 2 aromatic carbocycles. The molecular weight excluding hydrogens is 431 g/mol. The number of hydrogen-bond acceptors (Lipinski definition) is 6. The van der Waals surface area contributed by atoms with E-state index < -0.39 is 5.82 Å². The van der Waals surface area contributed by atoms with E-state index in [-0.39, 0.29) is 11.3 Å². The molecule has 3 saturated heterocycles. The van der Waals surface area contributed by atoms with Gasteiger partial charge >= 0.3 is 0 Å². The fraction of sp³-hybridized carbons (Fsp3) is 0.346. The molecule has 4 aliphatic rings. The Morgan fingerprint density at radius 1 is 1.15 bits per heavy atom. The number of aromatic nitrogens is 4. The molecule has 0 radical (unpaired) electrons. The standard InChI is InChI=1S/C26H23FN6O/c1-2-19-22(27)8-3-14-9-18(34)10-20(23(14)19)24-29-12-21-25(30-24)33(16-6-7-16)31-26(21)32-13-15-4-5-17(32)11-28-15/h1,3,8-10,12,15-17,28,34H,4-7,11,13H2/t15-,17?/m0/s1. The lowest BCUT2D eigenvalue weighted by Crippen LogP contribution is -2.61. The van der Waals surface area contributed by atoms with E-state index in [1.54, 1.807) is 18.2 Å². The molecule has 8 heteroatoms. The third-order valence-corrected chi connectivity index (χ3v) is 7.38.